The Bertz CT molecular complexity index is 671. The van der Waals surface area contributed by atoms with E-state index in [1.165, 1.54) is 32.0 Å². The van der Waals surface area contributed by atoms with Crippen LogP contribution in [0.5, 0.6) is 0 Å². The molecule has 1 aromatic carbocycles. The molecule has 2 aliphatic rings. The third kappa shape index (κ3) is 3.20. The van der Waals surface area contributed by atoms with E-state index in [-0.39, 0.29) is 0 Å². The average Bonchev–Trinajstić information content (AvgIpc) is 2.49. The minimum Gasteiger partial charge on any atom is -0.392 e. The van der Waals surface area contributed by atoms with Gasteiger partial charge in [0.1, 0.15) is 0 Å². The van der Waals surface area contributed by atoms with Crippen LogP contribution in [0.15, 0.2) is 18.2 Å². The molecule has 26 heavy (non-hydrogen) atoms. The van der Waals surface area contributed by atoms with Gasteiger partial charge >= 0.3 is 12.4 Å². The van der Waals surface area contributed by atoms with E-state index >= 15 is 0 Å². The third-order valence-corrected chi connectivity index (χ3v) is 5.12. The second-order valence-electron chi connectivity index (χ2n) is 6.87. The Morgan fingerprint density at radius 2 is 1.38 bits per heavy atom. The van der Waals surface area contributed by atoms with Crippen molar-refractivity contribution in [3.63, 3.8) is 0 Å². The second kappa shape index (κ2) is 6.38. The van der Waals surface area contributed by atoms with E-state index < -0.39 is 55.2 Å². The van der Waals surface area contributed by atoms with Gasteiger partial charge in [-0.05, 0) is 16.7 Å². The van der Waals surface area contributed by atoms with Crippen LogP contribution in [-0.2, 0) is 16.1 Å². The van der Waals surface area contributed by atoms with E-state index in [0.29, 0.717) is 16.7 Å². The number of alkyl halides is 6. The smallest absolute Gasteiger partial charge is 0.392 e. The molecule has 2 aliphatic heterocycles. The van der Waals surface area contributed by atoms with Crippen LogP contribution in [0.3, 0.4) is 0 Å². The first kappa shape index (κ1) is 19.4. The minimum absolute atomic E-state index is 0.351. The van der Waals surface area contributed by atoms with Crippen molar-refractivity contribution in [2.24, 2.45) is 11.8 Å². The summed E-state index contributed by atoms with van der Waals surface area (Å²) >= 11 is 0. The van der Waals surface area contributed by atoms with Gasteiger partial charge in [0, 0.05) is 11.8 Å². The lowest BCUT2D eigenvalue weighted by Gasteiger charge is -2.46. The van der Waals surface area contributed by atoms with Gasteiger partial charge in [-0.3, -0.25) is 0 Å². The Morgan fingerprint density at radius 3 is 1.81 bits per heavy atom. The number of aliphatic hydroxyl groups is 1. The van der Waals surface area contributed by atoms with Gasteiger partial charge in [0.05, 0.1) is 18.8 Å². The zero-order valence-electron chi connectivity index (χ0n) is 13.9. The summed E-state index contributed by atoms with van der Waals surface area (Å²) in [5.74, 6) is -1.68. The molecule has 0 amide bonds. The predicted molar refractivity (Wildman–Crippen MR) is 78.0 cm³/mol. The molecule has 1 N–H and O–H groups in total. The summed E-state index contributed by atoms with van der Waals surface area (Å²) in [7, 11) is 0. The molecule has 0 bridgehead atoms. The number of benzene rings is 1. The largest absolute Gasteiger partial charge is 0.415 e. The summed E-state index contributed by atoms with van der Waals surface area (Å²) in [5.41, 5.74) is 1.16. The first-order valence-corrected chi connectivity index (χ1v) is 8.13. The van der Waals surface area contributed by atoms with Gasteiger partial charge in [0.25, 0.3) is 0 Å². The molecule has 146 valence electrons. The molecule has 0 radical (unpaired) electrons. The molecule has 6 unspecified atom stereocenters. The fourth-order valence-corrected chi connectivity index (χ4v) is 3.64. The van der Waals surface area contributed by atoms with Crippen molar-refractivity contribution in [3.05, 3.63) is 34.9 Å². The summed E-state index contributed by atoms with van der Waals surface area (Å²) in [6, 6.07) is 4.49. The molecule has 2 fully saturated rings. The van der Waals surface area contributed by atoms with Crippen molar-refractivity contribution in [2.75, 3.05) is 0 Å². The molecule has 2 saturated heterocycles. The second-order valence-corrected chi connectivity index (χ2v) is 6.87. The van der Waals surface area contributed by atoms with E-state index in [1.54, 1.807) is 0 Å². The Balaban J connectivity index is 1.81. The highest BCUT2D eigenvalue weighted by Gasteiger charge is 2.57. The lowest BCUT2D eigenvalue weighted by molar-refractivity contribution is -0.318. The van der Waals surface area contributed by atoms with Gasteiger partial charge in [-0.1, -0.05) is 32.0 Å². The Labute approximate surface area is 145 Å². The number of rotatable bonds is 3. The van der Waals surface area contributed by atoms with Crippen molar-refractivity contribution in [3.8, 4) is 0 Å². The van der Waals surface area contributed by atoms with Crippen LogP contribution >= 0.6 is 0 Å². The van der Waals surface area contributed by atoms with Crippen molar-refractivity contribution < 1.29 is 40.9 Å². The summed E-state index contributed by atoms with van der Waals surface area (Å²) in [6.07, 6.45) is -14.4. The maximum absolute atomic E-state index is 12.8. The molecule has 1 aromatic rings. The van der Waals surface area contributed by atoms with Crippen molar-refractivity contribution >= 4 is 0 Å². The molecular weight excluding hydrogens is 366 g/mol. The molecular formula is C17H18F6O3. The summed E-state index contributed by atoms with van der Waals surface area (Å²) < 4.78 is 86.6. The van der Waals surface area contributed by atoms with Crippen molar-refractivity contribution in [2.45, 2.75) is 57.2 Å². The molecule has 0 aromatic heterocycles. The van der Waals surface area contributed by atoms with Gasteiger partial charge < -0.3 is 14.6 Å². The fraction of sp³-hybridized carbons (Fsp3) is 0.647. The first-order valence-electron chi connectivity index (χ1n) is 8.13. The van der Waals surface area contributed by atoms with Crippen LogP contribution in [0.25, 0.3) is 0 Å². The van der Waals surface area contributed by atoms with Gasteiger partial charge in [-0.15, -0.1) is 0 Å². The van der Waals surface area contributed by atoms with Crippen molar-refractivity contribution in [1.82, 2.24) is 0 Å². The Morgan fingerprint density at radius 1 is 0.885 bits per heavy atom. The van der Waals surface area contributed by atoms with Crippen LogP contribution in [0.4, 0.5) is 26.3 Å². The SMILES string of the molecule is CC1C(c2ccc(CO)c(C3OC(C(F)(F)F)C3C)c2)OC1C(F)(F)F. The maximum atomic E-state index is 12.8. The minimum atomic E-state index is -4.49. The van der Waals surface area contributed by atoms with Crippen LogP contribution < -0.4 is 0 Å². The van der Waals surface area contributed by atoms with Crippen molar-refractivity contribution in [1.29, 1.82) is 0 Å². The highest BCUT2D eigenvalue weighted by atomic mass is 19.4. The molecule has 0 spiro atoms. The van der Waals surface area contributed by atoms with Crippen LogP contribution in [0.1, 0.15) is 42.7 Å². The number of hydrogen-bond acceptors (Lipinski definition) is 3. The molecule has 0 aliphatic carbocycles. The molecule has 6 atom stereocenters. The first-order chi connectivity index (χ1) is 11.9. The number of halogens is 6. The zero-order valence-corrected chi connectivity index (χ0v) is 13.9. The van der Waals surface area contributed by atoms with Gasteiger partial charge in [0.15, 0.2) is 12.2 Å². The van der Waals surface area contributed by atoms with Crippen LogP contribution in [0.2, 0.25) is 0 Å². The topological polar surface area (TPSA) is 38.7 Å². The number of hydrogen-bond donors (Lipinski definition) is 1. The van der Waals surface area contributed by atoms with Crippen LogP contribution in [-0.4, -0.2) is 29.7 Å². The van der Waals surface area contributed by atoms with E-state index in [9.17, 15) is 31.4 Å². The third-order valence-electron chi connectivity index (χ3n) is 5.12. The van der Waals surface area contributed by atoms with Gasteiger partial charge in [-0.2, -0.15) is 26.3 Å². The Kier molecular flexibility index (Phi) is 4.77. The molecule has 3 rings (SSSR count). The quantitative estimate of drug-likeness (QED) is 0.783. The molecule has 0 saturated carbocycles. The van der Waals surface area contributed by atoms with Gasteiger partial charge in [-0.25, -0.2) is 0 Å². The highest BCUT2D eigenvalue weighted by Crippen LogP contribution is 2.51. The standard InChI is InChI=1S/C17H18F6O3/c1-7-12(25-14(7)16(18,19)20)9-3-4-10(6-24)11(5-9)13-8(2)15(26-13)17(21,22)23/h3-5,7-8,12-15,24H,6H2,1-2H3. The van der Waals surface area contributed by atoms with E-state index in [0.717, 1.165) is 0 Å². The predicted octanol–water partition coefficient (Wildman–Crippen LogP) is 4.46. The normalized spacial score (nSPS) is 35.0. The average molecular weight is 384 g/mol. The molecule has 3 nitrogen and oxygen atoms in total. The van der Waals surface area contributed by atoms with Gasteiger partial charge in [0.2, 0.25) is 0 Å². The fourth-order valence-electron chi connectivity index (χ4n) is 3.64. The number of ether oxygens (including phenoxy) is 2. The molecule has 2 heterocycles. The Hall–Kier alpha value is -1.32. The van der Waals surface area contributed by atoms with E-state index in [1.807, 2.05) is 0 Å². The highest BCUT2D eigenvalue weighted by molar-refractivity contribution is 5.37. The lowest BCUT2D eigenvalue weighted by Crippen LogP contribution is -2.51. The van der Waals surface area contributed by atoms with E-state index in [2.05, 4.69) is 0 Å². The maximum Gasteiger partial charge on any atom is 0.415 e. The summed E-state index contributed by atoms with van der Waals surface area (Å²) in [5, 5.41) is 9.44. The zero-order chi connectivity index (χ0) is 19.4. The lowest BCUT2D eigenvalue weighted by atomic mass is 9.80. The van der Waals surface area contributed by atoms with E-state index in [4.69, 9.17) is 9.47 Å². The number of aliphatic hydroxyl groups excluding tert-OH is 1. The molecule has 9 heteroatoms. The monoisotopic (exact) mass is 384 g/mol. The van der Waals surface area contributed by atoms with Crippen LogP contribution in [0, 0.1) is 11.8 Å². The summed E-state index contributed by atoms with van der Waals surface area (Å²) in [6.45, 7) is 2.39. The summed E-state index contributed by atoms with van der Waals surface area (Å²) in [4.78, 5) is 0.